The van der Waals surface area contributed by atoms with Gasteiger partial charge in [0.05, 0.1) is 12.7 Å². The molecule has 7 heteroatoms. The minimum atomic E-state index is -0.651. The Hall–Kier alpha value is -4.13. The lowest BCUT2D eigenvalue weighted by molar-refractivity contribution is -0.129. The number of hydrogen-bond acceptors (Lipinski definition) is 6. The normalized spacial score (nSPS) is 14.1. The Morgan fingerprint density at radius 3 is 2.58 bits per heavy atom. The summed E-state index contributed by atoms with van der Waals surface area (Å²) in [5, 5.41) is 0. The number of esters is 1. The van der Waals surface area contributed by atoms with E-state index < -0.39 is 11.8 Å². The average molecular weight is 447 g/mol. The van der Waals surface area contributed by atoms with Crippen LogP contribution in [0.2, 0.25) is 0 Å². The van der Waals surface area contributed by atoms with Gasteiger partial charge in [0.15, 0.2) is 5.70 Å². The van der Waals surface area contributed by atoms with E-state index in [2.05, 4.69) is 4.99 Å². The van der Waals surface area contributed by atoms with Gasteiger partial charge in [0.25, 0.3) is 0 Å². The topological polar surface area (TPSA) is 66.3 Å². The Labute approximate surface area is 190 Å². The molecule has 33 heavy (non-hydrogen) atoms. The maximum atomic E-state index is 14.0. The van der Waals surface area contributed by atoms with E-state index in [0.29, 0.717) is 29.4 Å². The molecule has 1 heterocycles. The molecule has 1 aliphatic heterocycles. The third-order valence-electron chi connectivity index (χ3n) is 4.83. The van der Waals surface area contributed by atoms with Gasteiger partial charge in [0.1, 0.15) is 36.3 Å². The third-order valence-corrected chi connectivity index (χ3v) is 4.83. The summed E-state index contributed by atoms with van der Waals surface area (Å²) in [4.78, 5) is 16.5. The molecule has 0 bridgehead atoms. The molecule has 0 fully saturated rings. The first-order valence-electron chi connectivity index (χ1n) is 10.3. The highest BCUT2D eigenvalue weighted by molar-refractivity contribution is 6.13. The third kappa shape index (κ3) is 5.38. The fourth-order valence-corrected chi connectivity index (χ4v) is 3.22. The maximum absolute atomic E-state index is 14.0. The van der Waals surface area contributed by atoms with E-state index in [1.807, 2.05) is 43.3 Å². The van der Waals surface area contributed by atoms with Crippen LogP contribution in [0.4, 0.5) is 4.39 Å². The van der Waals surface area contributed by atoms with Crippen molar-refractivity contribution in [1.29, 1.82) is 0 Å². The number of nitrogens with zero attached hydrogens (tertiary/aromatic N) is 1. The van der Waals surface area contributed by atoms with Gasteiger partial charge >= 0.3 is 5.97 Å². The number of carbonyl (C=O) groups excluding carboxylic acids is 1. The number of cyclic esters (lactones) is 1. The SMILES string of the molecule is COc1cccc(OCCOc2ccc(C)cc2C=C2N=C(c3ccccc3F)OC2=O)c1. The Morgan fingerprint density at radius 2 is 1.76 bits per heavy atom. The number of methoxy groups -OCH3 is 1. The Morgan fingerprint density at radius 1 is 0.970 bits per heavy atom. The molecule has 3 aromatic carbocycles. The van der Waals surface area contributed by atoms with Gasteiger partial charge in [-0.2, -0.15) is 0 Å². The number of aryl methyl sites for hydroxylation is 1. The van der Waals surface area contributed by atoms with E-state index >= 15 is 0 Å². The molecule has 1 aliphatic rings. The lowest BCUT2D eigenvalue weighted by atomic mass is 10.1. The molecule has 0 unspecified atom stereocenters. The standard InChI is InChI=1S/C26H22FNO5/c1-17-10-11-24(32-13-12-31-20-7-5-6-19(16-20)30-2)18(14-17)15-23-26(29)33-25(28-23)21-8-3-4-9-22(21)27/h3-11,14-16H,12-13H2,1-2H3. The van der Waals surface area contributed by atoms with Gasteiger partial charge in [-0.1, -0.05) is 29.8 Å². The van der Waals surface area contributed by atoms with Crippen molar-refractivity contribution in [3.63, 3.8) is 0 Å². The molecule has 0 aromatic heterocycles. The monoisotopic (exact) mass is 447 g/mol. The summed E-state index contributed by atoms with van der Waals surface area (Å²) in [6.45, 7) is 2.53. The number of ether oxygens (including phenoxy) is 4. The van der Waals surface area contributed by atoms with Crippen molar-refractivity contribution >= 4 is 17.9 Å². The average Bonchev–Trinajstić information content (AvgIpc) is 3.18. The summed E-state index contributed by atoms with van der Waals surface area (Å²) in [6, 6.07) is 18.9. The Kier molecular flexibility index (Phi) is 6.69. The van der Waals surface area contributed by atoms with Crippen LogP contribution in [0, 0.1) is 12.7 Å². The van der Waals surface area contributed by atoms with Crippen LogP contribution in [0.5, 0.6) is 17.2 Å². The Balaban J connectivity index is 1.48. The van der Waals surface area contributed by atoms with Crippen LogP contribution in [-0.4, -0.2) is 32.2 Å². The molecular formula is C26H22FNO5. The summed E-state index contributed by atoms with van der Waals surface area (Å²) in [7, 11) is 1.60. The quantitative estimate of drug-likeness (QED) is 0.278. The lowest BCUT2D eigenvalue weighted by Crippen LogP contribution is -2.10. The number of hydrogen-bond donors (Lipinski definition) is 0. The highest BCUT2D eigenvalue weighted by Crippen LogP contribution is 2.26. The van der Waals surface area contributed by atoms with Crippen LogP contribution in [0.15, 0.2) is 77.4 Å². The van der Waals surface area contributed by atoms with E-state index in [-0.39, 0.29) is 23.8 Å². The lowest BCUT2D eigenvalue weighted by Gasteiger charge is -2.12. The zero-order valence-electron chi connectivity index (χ0n) is 18.2. The minimum absolute atomic E-state index is 0.0637. The molecule has 0 saturated carbocycles. The predicted molar refractivity (Wildman–Crippen MR) is 122 cm³/mol. The van der Waals surface area contributed by atoms with E-state index in [0.717, 1.165) is 5.56 Å². The molecule has 0 aliphatic carbocycles. The van der Waals surface area contributed by atoms with Gasteiger partial charge in [-0.05, 0) is 49.4 Å². The molecule has 0 N–H and O–H groups in total. The summed E-state index contributed by atoms with van der Waals surface area (Å²) in [6.07, 6.45) is 1.57. The van der Waals surface area contributed by atoms with Crippen LogP contribution in [0.3, 0.4) is 0 Å². The van der Waals surface area contributed by atoms with Crippen molar-refractivity contribution in [1.82, 2.24) is 0 Å². The smallest absolute Gasteiger partial charge is 0.363 e. The fraction of sp³-hybridized carbons (Fsp3) is 0.154. The molecule has 0 saturated heterocycles. The van der Waals surface area contributed by atoms with Crippen LogP contribution in [0.25, 0.3) is 6.08 Å². The molecule has 3 aromatic rings. The summed E-state index contributed by atoms with van der Waals surface area (Å²) >= 11 is 0. The summed E-state index contributed by atoms with van der Waals surface area (Å²) < 4.78 is 36.0. The van der Waals surface area contributed by atoms with E-state index in [1.54, 1.807) is 31.4 Å². The zero-order chi connectivity index (χ0) is 23.2. The molecule has 6 nitrogen and oxygen atoms in total. The van der Waals surface area contributed by atoms with Gasteiger partial charge in [0.2, 0.25) is 5.90 Å². The zero-order valence-corrected chi connectivity index (χ0v) is 18.2. The molecule has 0 spiro atoms. The maximum Gasteiger partial charge on any atom is 0.363 e. The van der Waals surface area contributed by atoms with Gasteiger partial charge in [-0.15, -0.1) is 0 Å². The molecule has 0 amide bonds. The first kappa shape index (κ1) is 22.1. The van der Waals surface area contributed by atoms with Crippen LogP contribution < -0.4 is 14.2 Å². The van der Waals surface area contributed by atoms with Crippen molar-refractivity contribution < 1.29 is 28.1 Å². The van der Waals surface area contributed by atoms with Gasteiger partial charge in [-0.3, -0.25) is 0 Å². The van der Waals surface area contributed by atoms with Gasteiger partial charge in [0, 0.05) is 11.6 Å². The summed E-state index contributed by atoms with van der Waals surface area (Å²) in [5.74, 6) is 0.714. The largest absolute Gasteiger partial charge is 0.497 e. The fourth-order valence-electron chi connectivity index (χ4n) is 3.22. The van der Waals surface area contributed by atoms with Crippen molar-refractivity contribution in [2.75, 3.05) is 20.3 Å². The van der Waals surface area contributed by atoms with Crippen LogP contribution in [-0.2, 0) is 9.53 Å². The first-order chi connectivity index (χ1) is 16.0. The van der Waals surface area contributed by atoms with Crippen molar-refractivity contribution in [3.8, 4) is 17.2 Å². The van der Waals surface area contributed by atoms with Crippen molar-refractivity contribution in [2.24, 2.45) is 4.99 Å². The highest BCUT2D eigenvalue weighted by Gasteiger charge is 2.26. The highest BCUT2D eigenvalue weighted by atomic mass is 19.1. The second-order valence-electron chi connectivity index (χ2n) is 7.23. The second kappa shape index (κ2) is 9.99. The predicted octanol–water partition coefficient (Wildman–Crippen LogP) is 4.95. The molecule has 0 radical (unpaired) electrons. The van der Waals surface area contributed by atoms with E-state index in [9.17, 15) is 9.18 Å². The van der Waals surface area contributed by atoms with E-state index in [4.69, 9.17) is 18.9 Å². The summed E-state index contributed by atoms with van der Waals surface area (Å²) in [5.41, 5.74) is 1.83. The second-order valence-corrected chi connectivity index (χ2v) is 7.23. The number of halogens is 1. The number of rotatable bonds is 8. The van der Waals surface area contributed by atoms with Crippen LogP contribution >= 0.6 is 0 Å². The molecule has 168 valence electrons. The molecular weight excluding hydrogens is 425 g/mol. The van der Waals surface area contributed by atoms with Gasteiger partial charge < -0.3 is 18.9 Å². The Bertz CT molecular complexity index is 1230. The number of aliphatic imine (C=N–C) groups is 1. The van der Waals surface area contributed by atoms with Crippen LogP contribution in [0.1, 0.15) is 16.7 Å². The molecule has 0 atom stereocenters. The van der Waals surface area contributed by atoms with Crippen molar-refractivity contribution in [2.45, 2.75) is 6.92 Å². The minimum Gasteiger partial charge on any atom is -0.497 e. The molecule has 4 rings (SSSR count). The van der Waals surface area contributed by atoms with E-state index in [1.165, 1.54) is 12.1 Å². The van der Waals surface area contributed by atoms with Gasteiger partial charge in [-0.25, -0.2) is 14.2 Å². The number of carbonyl (C=O) groups is 1. The first-order valence-corrected chi connectivity index (χ1v) is 10.3. The number of benzene rings is 3. The van der Waals surface area contributed by atoms with Crippen molar-refractivity contribution in [3.05, 3.63) is 94.9 Å².